The highest BCUT2D eigenvalue weighted by Crippen LogP contribution is 2.32. The van der Waals surface area contributed by atoms with Gasteiger partial charge < -0.3 is 14.6 Å². The minimum absolute atomic E-state index is 0.0923. The van der Waals surface area contributed by atoms with Crippen LogP contribution in [0.2, 0.25) is 0 Å². The zero-order chi connectivity index (χ0) is 16.7. The first-order valence-electron chi connectivity index (χ1n) is 7.92. The third kappa shape index (κ3) is 2.59. The van der Waals surface area contributed by atoms with Crippen LogP contribution in [-0.4, -0.2) is 24.0 Å². The highest BCUT2D eigenvalue weighted by atomic mass is 79.9. The molecule has 1 aromatic heterocycles. The molecule has 0 bridgehead atoms. The van der Waals surface area contributed by atoms with Crippen molar-refractivity contribution in [1.82, 2.24) is 4.98 Å². The molecular weight excluding hydrogens is 368 g/mol. The number of halogens is 1. The Hall–Kier alpha value is -2.27. The SMILES string of the molecule is Cc1[nH]c2ccc(Br)cc2c1CC(=O)N1CCOc2ccccc21. The number of carbonyl (C=O) groups is 1. The molecule has 1 aliphatic rings. The summed E-state index contributed by atoms with van der Waals surface area (Å²) in [6.45, 7) is 3.13. The topological polar surface area (TPSA) is 45.3 Å². The Kier molecular flexibility index (Phi) is 3.81. The highest BCUT2D eigenvalue weighted by molar-refractivity contribution is 9.10. The van der Waals surface area contributed by atoms with Gasteiger partial charge in [0.25, 0.3) is 0 Å². The summed E-state index contributed by atoms with van der Waals surface area (Å²) in [6, 6.07) is 13.8. The van der Waals surface area contributed by atoms with Gasteiger partial charge in [-0.15, -0.1) is 0 Å². The van der Waals surface area contributed by atoms with Crippen LogP contribution in [0.4, 0.5) is 5.69 Å². The first-order chi connectivity index (χ1) is 11.6. The molecule has 5 heteroatoms. The van der Waals surface area contributed by atoms with E-state index in [4.69, 9.17) is 4.74 Å². The Labute approximate surface area is 148 Å². The largest absolute Gasteiger partial charge is 0.490 e. The number of aromatic nitrogens is 1. The van der Waals surface area contributed by atoms with Gasteiger partial charge in [-0.3, -0.25) is 4.79 Å². The number of aryl methyl sites for hydroxylation is 1. The Morgan fingerprint density at radius 2 is 2.12 bits per heavy atom. The number of aromatic amines is 1. The molecule has 0 unspecified atom stereocenters. The second-order valence-electron chi connectivity index (χ2n) is 5.96. The molecule has 1 amide bonds. The van der Waals surface area contributed by atoms with Gasteiger partial charge in [-0.2, -0.15) is 0 Å². The van der Waals surface area contributed by atoms with E-state index in [1.165, 1.54) is 0 Å². The lowest BCUT2D eigenvalue weighted by Gasteiger charge is -2.29. The van der Waals surface area contributed by atoms with Crippen molar-refractivity contribution in [3.63, 3.8) is 0 Å². The Morgan fingerprint density at radius 1 is 1.29 bits per heavy atom. The van der Waals surface area contributed by atoms with Crippen LogP contribution < -0.4 is 9.64 Å². The number of para-hydroxylation sites is 2. The van der Waals surface area contributed by atoms with Gasteiger partial charge in [0.15, 0.2) is 0 Å². The number of hydrogen-bond donors (Lipinski definition) is 1. The molecule has 4 rings (SSSR count). The second-order valence-corrected chi connectivity index (χ2v) is 6.87. The summed E-state index contributed by atoms with van der Waals surface area (Å²) in [5.41, 5.74) is 4.01. The van der Waals surface area contributed by atoms with Gasteiger partial charge >= 0.3 is 0 Å². The maximum atomic E-state index is 13.0. The van der Waals surface area contributed by atoms with Crippen LogP contribution in [0.15, 0.2) is 46.9 Å². The van der Waals surface area contributed by atoms with Crippen LogP contribution in [0.25, 0.3) is 10.9 Å². The molecule has 0 radical (unpaired) electrons. The first-order valence-corrected chi connectivity index (χ1v) is 8.71. The first kappa shape index (κ1) is 15.3. The predicted octanol–water partition coefficient (Wildman–Crippen LogP) is 4.21. The summed E-state index contributed by atoms with van der Waals surface area (Å²) < 4.78 is 6.66. The van der Waals surface area contributed by atoms with Crippen molar-refractivity contribution in [2.75, 3.05) is 18.1 Å². The third-order valence-electron chi connectivity index (χ3n) is 4.44. The van der Waals surface area contributed by atoms with Gasteiger partial charge in [0.1, 0.15) is 12.4 Å². The monoisotopic (exact) mass is 384 g/mol. The quantitative estimate of drug-likeness (QED) is 0.719. The van der Waals surface area contributed by atoms with Crippen LogP contribution in [0.5, 0.6) is 5.75 Å². The summed E-state index contributed by atoms with van der Waals surface area (Å²) >= 11 is 3.51. The van der Waals surface area contributed by atoms with E-state index in [0.717, 1.165) is 38.1 Å². The van der Waals surface area contributed by atoms with Crippen molar-refractivity contribution < 1.29 is 9.53 Å². The lowest BCUT2D eigenvalue weighted by molar-refractivity contribution is -0.118. The molecule has 0 aliphatic carbocycles. The summed E-state index contributed by atoms with van der Waals surface area (Å²) in [4.78, 5) is 18.1. The van der Waals surface area contributed by atoms with Gasteiger partial charge in [-0.1, -0.05) is 28.1 Å². The molecule has 0 saturated carbocycles. The average molecular weight is 385 g/mol. The van der Waals surface area contributed by atoms with E-state index < -0.39 is 0 Å². The van der Waals surface area contributed by atoms with E-state index >= 15 is 0 Å². The number of ether oxygens (including phenoxy) is 1. The molecule has 0 atom stereocenters. The molecule has 0 spiro atoms. The van der Waals surface area contributed by atoms with Gasteiger partial charge in [0, 0.05) is 21.1 Å². The minimum atomic E-state index is 0.0923. The lowest BCUT2D eigenvalue weighted by atomic mass is 10.1. The smallest absolute Gasteiger partial charge is 0.231 e. The van der Waals surface area contributed by atoms with Gasteiger partial charge in [0.05, 0.1) is 18.7 Å². The van der Waals surface area contributed by atoms with Crippen LogP contribution in [0.3, 0.4) is 0 Å². The number of fused-ring (bicyclic) bond motifs is 2. The fraction of sp³-hybridized carbons (Fsp3) is 0.211. The van der Waals surface area contributed by atoms with Crippen molar-refractivity contribution >= 4 is 38.4 Å². The standard InChI is InChI=1S/C19H17BrN2O2/c1-12-14(15-10-13(20)6-7-16(15)21-12)11-19(23)22-8-9-24-18-5-3-2-4-17(18)22/h2-7,10,21H,8-9,11H2,1H3. The van der Waals surface area contributed by atoms with Crippen molar-refractivity contribution in [3.8, 4) is 5.75 Å². The average Bonchev–Trinajstić information content (AvgIpc) is 2.89. The van der Waals surface area contributed by atoms with E-state index in [1.807, 2.05) is 48.2 Å². The fourth-order valence-corrected chi connectivity index (χ4v) is 3.62. The maximum absolute atomic E-state index is 13.0. The highest BCUT2D eigenvalue weighted by Gasteiger charge is 2.24. The van der Waals surface area contributed by atoms with Crippen LogP contribution in [0, 0.1) is 6.92 Å². The van der Waals surface area contributed by atoms with Crippen LogP contribution in [0.1, 0.15) is 11.3 Å². The molecular formula is C19H17BrN2O2. The molecule has 2 heterocycles. The number of carbonyl (C=O) groups excluding carboxylic acids is 1. The maximum Gasteiger partial charge on any atom is 0.231 e. The van der Waals surface area contributed by atoms with E-state index in [1.54, 1.807) is 0 Å². The molecule has 0 saturated heterocycles. The zero-order valence-corrected chi connectivity index (χ0v) is 14.9. The Morgan fingerprint density at radius 3 is 3.00 bits per heavy atom. The van der Waals surface area contributed by atoms with E-state index in [2.05, 4.69) is 27.0 Å². The van der Waals surface area contributed by atoms with Crippen molar-refractivity contribution in [2.45, 2.75) is 13.3 Å². The number of anilines is 1. The molecule has 1 aliphatic heterocycles. The second kappa shape index (κ2) is 5.98. The van der Waals surface area contributed by atoms with E-state index in [0.29, 0.717) is 19.6 Å². The molecule has 2 aromatic carbocycles. The number of hydrogen-bond acceptors (Lipinski definition) is 2. The third-order valence-corrected chi connectivity index (χ3v) is 4.93. The summed E-state index contributed by atoms with van der Waals surface area (Å²) in [5.74, 6) is 0.866. The number of nitrogens with zero attached hydrogens (tertiary/aromatic N) is 1. The summed E-state index contributed by atoms with van der Waals surface area (Å²) in [7, 11) is 0. The molecule has 3 aromatic rings. The molecule has 24 heavy (non-hydrogen) atoms. The van der Waals surface area contributed by atoms with E-state index in [-0.39, 0.29) is 5.91 Å². The molecule has 0 fully saturated rings. The number of amides is 1. The van der Waals surface area contributed by atoms with Gasteiger partial charge in [-0.05, 0) is 42.8 Å². The van der Waals surface area contributed by atoms with Crippen molar-refractivity contribution in [2.24, 2.45) is 0 Å². The normalized spacial score (nSPS) is 13.7. The number of H-pyrrole nitrogens is 1. The summed E-state index contributed by atoms with van der Waals surface area (Å²) in [5, 5.41) is 1.09. The summed E-state index contributed by atoms with van der Waals surface area (Å²) in [6.07, 6.45) is 0.372. The number of nitrogens with one attached hydrogen (secondary N) is 1. The minimum Gasteiger partial charge on any atom is -0.490 e. The number of benzene rings is 2. The zero-order valence-electron chi connectivity index (χ0n) is 13.3. The van der Waals surface area contributed by atoms with E-state index in [9.17, 15) is 4.79 Å². The van der Waals surface area contributed by atoms with Gasteiger partial charge in [0.2, 0.25) is 5.91 Å². The fourth-order valence-electron chi connectivity index (χ4n) is 3.26. The molecule has 122 valence electrons. The Bertz CT molecular complexity index is 932. The Balaban J connectivity index is 1.68. The number of rotatable bonds is 2. The molecule has 4 nitrogen and oxygen atoms in total. The lowest BCUT2D eigenvalue weighted by Crippen LogP contribution is -2.38. The van der Waals surface area contributed by atoms with Crippen molar-refractivity contribution in [3.05, 3.63) is 58.2 Å². The van der Waals surface area contributed by atoms with Crippen molar-refractivity contribution in [1.29, 1.82) is 0 Å². The van der Waals surface area contributed by atoms with Gasteiger partial charge in [-0.25, -0.2) is 0 Å². The molecule has 1 N–H and O–H groups in total. The predicted molar refractivity (Wildman–Crippen MR) is 98.7 cm³/mol. The van der Waals surface area contributed by atoms with Crippen LogP contribution >= 0.6 is 15.9 Å². The van der Waals surface area contributed by atoms with Crippen LogP contribution in [-0.2, 0) is 11.2 Å².